The van der Waals surface area contributed by atoms with Gasteiger partial charge in [0.2, 0.25) is 10.0 Å². The van der Waals surface area contributed by atoms with E-state index in [0.717, 1.165) is 24.0 Å². The van der Waals surface area contributed by atoms with Crippen LogP contribution in [0, 0.1) is 5.92 Å². The zero-order valence-electron chi connectivity index (χ0n) is 20.8. The van der Waals surface area contributed by atoms with Crippen LogP contribution in [0.4, 0.5) is 18.0 Å². The number of rotatable bonds is 5. The lowest BCUT2D eigenvalue weighted by Crippen LogP contribution is -2.53. The van der Waals surface area contributed by atoms with Gasteiger partial charge < -0.3 is 14.5 Å². The van der Waals surface area contributed by atoms with Crippen molar-refractivity contribution in [1.82, 2.24) is 14.1 Å². The van der Waals surface area contributed by atoms with Gasteiger partial charge in [-0.3, -0.25) is 0 Å². The number of halogens is 5. The van der Waals surface area contributed by atoms with E-state index in [2.05, 4.69) is 0 Å². The summed E-state index contributed by atoms with van der Waals surface area (Å²) in [5.41, 5.74) is 0.101. The predicted octanol–water partition coefficient (Wildman–Crippen LogP) is 5.19. The molecule has 0 radical (unpaired) electrons. The molecular formula is C25H28Cl2F3N3O4S. The van der Waals surface area contributed by atoms with Gasteiger partial charge in [-0.15, -0.1) is 0 Å². The minimum absolute atomic E-state index is 0.171. The van der Waals surface area contributed by atoms with Gasteiger partial charge >= 0.3 is 12.2 Å². The molecule has 0 spiro atoms. The maximum Gasteiger partial charge on any atom is 0.416 e. The second-order valence-corrected chi connectivity index (χ2v) is 12.4. The van der Waals surface area contributed by atoms with Crippen molar-refractivity contribution in [3.05, 3.63) is 63.6 Å². The van der Waals surface area contributed by atoms with E-state index in [0.29, 0.717) is 28.9 Å². The Bertz CT molecular complexity index is 1270. The molecule has 7 nitrogen and oxygen atoms in total. The number of benzene rings is 2. The summed E-state index contributed by atoms with van der Waals surface area (Å²) in [6, 6.07) is 9.60. The number of hydrogen-bond donors (Lipinski definition) is 0. The molecular weight excluding hydrogens is 566 g/mol. The summed E-state index contributed by atoms with van der Waals surface area (Å²) in [4.78, 5) is 16.7. The zero-order chi connectivity index (χ0) is 27.8. The highest BCUT2D eigenvalue weighted by molar-refractivity contribution is 7.88. The number of piperazine rings is 1. The van der Waals surface area contributed by atoms with Crippen LogP contribution in [0.2, 0.25) is 10.0 Å². The highest BCUT2D eigenvalue weighted by atomic mass is 35.5. The lowest BCUT2D eigenvalue weighted by Gasteiger charge is -2.35. The van der Waals surface area contributed by atoms with Crippen molar-refractivity contribution < 1.29 is 31.1 Å². The van der Waals surface area contributed by atoms with Crippen LogP contribution >= 0.6 is 23.2 Å². The van der Waals surface area contributed by atoms with Crippen LogP contribution in [0.25, 0.3) is 0 Å². The first kappa shape index (κ1) is 28.8. The van der Waals surface area contributed by atoms with Crippen molar-refractivity contribution in [2.45, 2.75) is 25.1 Å². The Labute approximate surface area is 230 Å². The summed E-state index contributed by atoms with van der Waals surface area (Å²) in [5.74, 6) is -0.0775. The van der Waals surface area contributed by atoms with E-state index in [1.165, 1.54) is 16.4 Å². The van der Waals surface area contributed by atoms with Gasteiger partial charge in [0.15, 0.2) is 0 Å². The minimum atomic E-state index is -4.44. The van der Waals surface area contributed by atoms with E-state index in [1.54, 1.807) is 21.9 Å². The molecule has 0 bridgehead atoms. The molecule has 2 aromatic carbocycles. The Balaban J connectivity index is 1.52. The van der Waals surface area contributed by atoms with E-state index in [4.69, 9.17) is 27.9 Å². The molecule has 2 fully saturated rings. The molecule has 2 aromatic rings. The van der Waals surface area contributed by atoms with Crippen molar-refractivity contribution >= 4 is 39.3 Å². The molecule has 2 amide bonds. The second kappa shape index (κ2) is 11.1. The highest BCUT2D eigenvalue weighted by Crippen LogP contribution is 2.39. The van der Waals surface area contributed by atoms with Gasteiger partial charge in [-0.25, -0.2) is 13.2 Å². The number of alkyl halides is 3. The van der Waals surface area contributed by atoms with Gasteiger partial charge in [0, 0.05) is 51.1 Å². The van der Waals surface area contributed by atoms with Gasteiger partial charge in [-0.05, 0) is 48.9 Å². The quantitative estimate of drug-likeness (QED) is 0.478. The summed E-state index contributed by atoms with van der Waals surface area (Å²) in [7, 11) is -3.33. The molecule has 3 unspecified atom stereocenters. The van der Waals surface area contributed by atoms with Gasteiger partial charge in [-0.1, -0.05) is 29.3 Å². The number of sulfonamides is 1. The van der Waals surface area contributed by atoms with Crippen LogP contribution < -0.4 is 4.74 Å². The first-order valence-corrected chi connectivity index (χ1v) is 14.6. The van der Waals surface area contributed by atoms with Crippen LogP contribution in [-0.2, 0) is 16.2 Å². The lowest BCUT2D eigenvalue weighted by molar-refractivity contribution is -0.137. The first-order chi connectivity index (χ1) is 17.7. The molecule has 0 aliphatic carbocycles. The SMILES string of the molecule is CC(Oc1ccc(C(F)(F)F)cc1)C1CN(C(=O)N2CCN(S(C)(=O)=O)CC2)CC1c1ccc(Cl)c(Cl)c1. The molecule has 2 aliphatic rings. The molecule has 13 heteroatoms. The average Bonchev–Trinajstić information content (AvgIpc) is 3.30. The number of carbonyl (C=O) groups is 1. The Morgan fingerprint density at radius 1 is 0.974 bits per heavy atom. The van der Waals surface area contributed by atoms with E-state index in [-0.39, 0.29) is 44.0 Å². The fourth-order valence-corrected chi connectivity index (χ4v) is 6.13. The Morgan fingerprint density at radius 3 is 2.16 bits per heavy atom. The standard InChI is InChI=1S/C25H28Cl2F3N3O4S/c1-16(37-19-6-4-18(5-7-19)25(28,29)30)20-14-32(15-21(20)17-3-8-22(26)23(27)13-17)24(34)31-9-11-33(12-10-31)38(2,35)36/h3-8,13,16,20-21H,9-12,14-15H2,1-2H3. The molecule has 2 saturated heterocycles. The van der Waals surface area contributed by atoms with E-state index >= 15 is 0 Å². The number of nitrogens with zero attached hydrogens (tertiary/aromatic N) is 3. The normalized spacial score (nSPS) is 22.0. The van der Waals surface area contributed by atoms with Crippen molar-refractivity contribution in [2.24, 2.45) is 5.92 Å². The topological polar surface area (TPSA) is 70.2 Å². The summed E-state index contributed by atoms with van der Waals surface area (Å²) in [6.07, 6.45) is -3.75. The summed E-state index contributed by atoms with van der Waals surface area (Å²) >= 11 is 12.4. The molecule has 2 aliphatic heterocycles. The van der Waals surface area contributed by atoms with Gasteiger partial charge in [-0.2, -0.15) is 17.5 Å². The first-order valence-electron chi connectivity index (χ1n) is 12.0. The number of hydrogen-bond acceptors (Lipinski definition) is 4. The highest BCUT2D eigenvalue weighted by Gasteiger charge is 2.42. The third-order valence-corrected chi connectivity index (χ3v) is 9.13. The summed E-state index contributed by atoms with van der Waals surface area (Å²) in [5, 5.41) is 0.775. The Morgan fingerprint density at radius 2 is 1.61 bits per heavy atom. The maximum absolute atomic E-state index is 13.4. The number of amides is 2. The van der Waals surface area contributed by atoms with Crippen molar-refractivity contribution in [2.75, 3.05) is 45.5 Å². The molecule has 3 atom stereocenters. The maximum atomic E-state index is 13.4. The molecule has 2 heterocycles. The second-order valence-electron chi connectivity index (χ2n) is 9.63. The van der Waals surface area contributed by atoms with E-state index < -0.39 is 27.9 Å². The monoisotopic (exact) mass is 593 g/mol. The van der Waals surface area contributed by atoms with Crippen LogP contribution in [0.15, 0.2) is 42.5 Å². The predicted molar refractivity (Wildman–Crippen MR) is 139 cm³/mol. The summed E-state index contributed by atoms with van der Waals surface area (Å²) in [6.45, 7) is 3.55. The molecule has 0 saturated carbocycles. The molecule has 208 valence electrons. The van der Waals surface area contributed by atoms with Crippen LogP contribution in [0.3, 0.4) is 0 Å². The van der Waals surface area contributed by atoms with Gasteiger partial charge in [0.1, 0.15) is 11.9 Å². The number of urea groups is 1. The smallest absolute Gasteiger partial charge is 0.416 e. The van der Waals surface area contributed by atoms with Crippen molar-refractivity contribution in [3.63, 3.8) is 0 Å². The van der Waals surface area contributed by atoms with Crippen LogP contribution in [-0.4, -0.2) is 80.2 Å². The van der Waals surface area contributed by atoms with Gasteiger partial charge in [0.25, 0.3) is 0 Å². The fraction of sp³-hybridized carbons (Fsp3) is 0.480. The lowest BCUT2D eigenvalue weighted by atomic mass is 9.85. The number of carbonyl (C=O) groups excluding carboxylic acids is 1. The van der Waals surface area contributed by atoms with Crippen LogP contribution in [0.5, 0.6) is 5.75 Å². The minimum Gasteiger partial charge on any atom is -0.490 e. The third-order valence-electron chi connectivity index (χ3n) is 7.09. The largest absolute Gasteiger partial charge is 0.490 e. The van der Waals surface area contributed by atoms with Crippen LogP contribution in [0.1, 0.15) is 24.0 Å². The molecule has 0 aromatic heterocycles. The third kappa shape index (κ3) is 6.50. The molecule has 0 N–H and O–H groups in total. The Hall–Kier alpha value is -2.21. The Kier molecular flexibility index (Phi) is 8.42. The van der Waals surface area contributed by atoms with Gasteiger partial charge in [0.05, 0.1) is 21.9 Å². The summed E-state index contributed by atoms with van der Waals surface area (Å²) < 4.78 is 69.9. The van der Waals surface area contributed by atoms with Crippen molar-refractivity contribution in [3.8, 4) is 5.75 Å². The van der Waals surface area contributed by atoms with Crippen molar-refractivity contribution in [1.29, 1.82) is 0 Å². The molecule has 38 heavy (non-hydrogen) atoms. The molecule has 4 rings (SSSR count). The zero-order valence-corrected chi connectivity index (χ0v) is 23.1. The number of ether oxygens (including phenoxy) is 1. The fourth-order valence-electron chi connectivity index (χ4n) is 4.99. The average molecular weight is 594 g/mol. The number of likely N-dealkylation sites (tertiary alicyclic amines) is 1. The van der Waals surface area contributed by atoms with E-state index in [1.807, 2.05) is 13.0 Å². The van der Waals surface area contributed by atoms with E-state index in [9.17, 15) is 26.4 Å².